The number of fused-ring (bicyclic) bond motifs is 1. The molecule has 3 N–H and O–H groups in total. The second kappa shape index (κ2) is 12.5. The van der Waals surface area contributed by atoms with Gasteiger partial charge in [0.05, 0.1) is 17.6 Å². The zero-order valence-electron chi connectivity index (χ0n) is 21.1. The molecule has 204 valence electrons. The number of carboxylic acids is 1. The van der Waals surface area contributed by atoms with Crippen LogP contribution in [0.25, 0.3) is 11.0 Å². The average molecular weight is 534 g/mol. The minimum Gasteiger partial charge on any atom is -0.475 e. The van der Waals surface area contributed by atoms with Crippen molar-refractivity contribution in [1.82, 2.24) is 25.1 Å². The molecule has 9 nitrogen and oxygen atoms in total. The Morgan fingerprint density at radius 2 is 1.79 bits per heavy atom. The van der Waals surface area contributed by atoms with Gasteiger partial charge in [-0.15, -0.1) is 0 Å². The molecule has 12 heteroatoms. The Morgan fingerprint density at radius 1 is 1.11 bits per heavy atom. The standard InChI is InChI=1S/C24H29N5O2.C2HF3O2/c1-17-10-11-21-20(13-17)27-22(28(21)2)14-25-23(30)24(31)26-19-9-6-12-29(16-19)15-18-7-4-3-5-8-18;3-2(4,5)1(6)7/h3-5,7-8,10-11,13,19H,6,9,12,14-16H2,1-2H3,(H,25,30)(H,26,31);(H,6,7). The van der Waals surface area contributed by atoms with Gasteiger partial charge in [0, 0.05) is 26.2 Å². The summed E-state index contributed by atoms with van der Waals surface area (Å²) in [6.07, 6.45) is -3.20. The van der Waals surface area contributed by atoms with Crippen molar-refractivity contribution >= 4 is 28.8 Å². The van der Waals surface area contributed by atoms with Gasteiger partial charge >= 0.3 is 24.0 Å². The number of nitrogens with zero attached hydrogens (tertiary/aromatic N) is 3. The lowest BCUT2D eigenvalue weighted by atomic mass is 10.0. The molecule has 0 radical (unpaired) electrons. The highest BCUT2D eigenvalue weighted by atomic mass is 19.4. The van der Waals surface area contributed by atoms with Crippen molar-refractivity contribution in [3.8, 4) is 0 Å². The van der Waals surface area contributed by atoms with E-state index in [1.54, 1.807) is 0 Å². The number of benzene rings is 2. The largest absolute Gasteiger partial charge is 0.490 e. The number of piperidine rings is 1. The van der Waals surface area contributed by atoms with Crippen LogP contribution in [0.15, 0.2) is 48.5 Å². The fourth-order valence-electron chi connectivity index (χ4n) is 4.17. The van der Waals surface area contributed by atoms with Crippen LogP contribution in [0.5, 0.6) is 0 Å². The Kier molecular flexibility index (Phi) is 9.45. The topological polar surface area (TPSA) is 117 Å². The van der Waals surface area contributed by atoms with Crippen molar-refractivity contribution in [3.63, 3.8) is 0 Å². The zero-order valence-corrected chi connectivity index (χ0v) is 21.1. The molecule has 4 rings (SSSR count). The van der Waals surface area contributed by atoms with Crippen molar-refractivity contribution in [3.05, 3.63) is 65.5 Å². The lowest BCUT2D eigenvalue weighted by Crippen LogP contribution is -2.51. The number of carboxylic acid groups (broad SMARTS) is 1. The fourth-order valence-corrected chi connectivity index (χ4v) is 4.17. The number of hydrogen-bond donors (Lipinski definition) is 3. The van der Waals surface area contributed by atoms with Crippen LogP contribution in [0, 0.1) is 6.92 Å². The second-order valence-electron chi connectivity index (χ2n) is 9.10. The third-order valence-corrected chi connectivity index (χ3v) is 6.07. The quantitative estimate of drug-likeness (QED) is 0.435. The van der Waals surface area contributed by atoms with E-state index in [0.29, 0.717) is 5.82 Å². The highest BCUT2D eigenvalue weighted by Gasteiger charge is 2.38. The maximum absolute atomic E-state index is 12.4. The van der Waals surface area contributed by atoms with E-state index in [9.17, 15) is 22.8 Å². The summed E-state index contributed by atoms with van der Waals surface area (Å²) in [5.74, 6) is -3.24. The molecular formula is C26H30F3N5O4. The van der Waals surface area contributed by atoms with E-state index >= 15 is 0 Å². The maximum Gasteiger partial charge on any atom is 0.490 e. The van der Waals surface area contributed by atoms with Crippen LogP contribution in [0.3, 0.4) is 0 Å². The first-order valence-corrected chi connectivity index (χ1v) is 12.0. The molecule has 0 saturated carbocycles. The number of carbonyl (C=O) groups excluding carboxylic acids is 2. The molecule has 2 heterocycles. The van der Waals surface area contributed by atoms with Crippen molar-refractivity contribution in [2.24, 2.45) is 7.05 Å². The molecular weight excluding hydrogens is 503 g/mol. The number of hydrogen-bond acceptors (Lipinski definition) is 5. The number of amides is 2. The smallest absolute Gasteiger partial charge is 0.475 e. The molecule has 1 unspecified atom stereocenters. The summed E-state index contributed by atoms with van der Waals surface area (Å²) in [7, 11) is 1.91. The van der Waals surface area contributed by atoms with Gasteiger partial charge in [0.25, 0.3) is 0 Å². The van der Waals surface area contributed by atoms with Crippen molar-refractivity contribution in [2.75, 3.05) is 13.1 Å². The monoisotopic (exact) mass is 533 g/mol. The number of carbonyl (C=O) groups is 3. The molecule has 2 aromatic carbocycles. The molecule has 0 spiro atoms. The molecule has 1 aliphatic rings. The number of likely N-dealkylation sites (tertiary alicyclic amines) is 1. The Morgan fingerprint density at radius 3 is 2.45 bits per heavy atom. The third kappa shape index (κ3) is 8.04. The van der Waals surface area contributed by atoms with Crippen LogP contribution in [-0.2, 0) is 34.5 Å². The molecule has 1 aliphatic heterocycles. The number of aromatic nitrogens is 2. The Balaban J connectivity index is 0.000000505. The van der Waals surface area contributed by atoms with Crippen molar-refractivity contribution in [1.29, 1.82) is 0 Å². The minimum absolute atomic E-state index is 0.0190. The Bertz CT molecular complexity index is 1280. The molecule has 1 saturated heterocycles. The summed E-state index contributed by atoms with van der Waals surface area (Å²) in [5, 5.41) is 12.7. The summed E-state index contributed by atoms with van der Waals surface area (Å²) >= 11 is 0. The number of halogens is 3. The van der Waals surface area contributed by atoms with E-state index in [0.717, 1.165) is 49.1 Å². The molecule has 1 aromatic heterocycles. The highest BCUT2D eigenvalue weighted by molar-refractivity contribution is 6.35. The Hall–Kier alpha value is -3.93. The van der Waals surface area contributed by atoms with Gasteiger partial charge in [-0.25, -0.2) is 9.78 Å². The van der Waals surface area contributed by atoms with E-state index in [4.69, 9.17) is 9.90 Å². The van der Waals surface area contributed by atoms with Gasteiger partial charge in [-0.05, 0) is 49.6 Å². The van der Waals surface area contributed by atoms with Crippen LogP contribution >= 0.6 is 0 Å². The second-order valence-corrected chi connectivity index (χ2v) is 9.10. The zero-order chi connectivity index (χ0) is 27.9. The first kappa shape index (κ1) is 28.6. The van der Waals surface area contributed by atoms with Gasteiger partial charge in [-0.1, -0.05) is 36.4 Å². The summed E-state index contributed by atoms with van der Waals surface area (Å²) in [4.78, 5) is 40.6. The van der Waals surface area contributed by atoms with Gasteiger partial charge in [-0.3, -0.25) is 14.5 Å². The van der Waals surface area contributed by atoms with Gasteiger partial charge in [0.1, 0.15) is 5.82 Å². The molecule has 2 amide bonds. The van der Waals surface area contributed by atoms with Crippen molar-refractivity contribution in [2.45, 2.75) is 45.1 Å². The van der Waals surface area contributed by atoms with Crippen LogP contribution < -0.4 is 10.6 Å². The molecule has 38 heavy (non-hydrogen) atoms. The molecule has 1 atom stereocenters. The van der Waals surface area contributed by atoms with Crippen LogP contribution in [0.4, 0.5) is 13.2 Å². The summed E-state index contributed by atoms with van der Waals surface area (Å²) < 4.78 is 33.7. The third-order valence-electron chi connectivity index (χ3n) is 6.07. The minimum atomic E-state index is -5.08. The lowest BCUT2D eigenvalue weighted by Gasteiger charge is -2.33. The number of aliphatic carboxylic acids is 1. The van der Waals surface area contributed by atoms with Gasteiger partial charge in [-0.2, -0.15) is 13.2 Å². The highest BCUT2D eigenvalue weighted by Crippen LogP contribution is 2.17. The number of alkyl halides is 3. The molecule has 0 bridgehead atoms. The lowest BCUT2D eigenvalue weighted by molar-refractivity contribution is -0.192. The van der Waals surface area contributed by atoms with E-state index in [1.807, 2.05) is 54.9 Å². The van der Waals surface area contributed by atoms with E-state index in [1.165, 1.54) is 5.56 Å². The Labute approximate surface area is 217 Å². The van der Waals surface area contributed by atoms with Crippen LogP contribution in [0.2, 0.25) is 0 Å². The van der Waals surface area contributed by atoms with E-state index in [-0.39, 0.29) is 12.6 Å². The van der Waals surface area contributed by atoms with Crippen molar-refractivity contribution < 1.29 is 32.7 Å². The molecule has 0 aliphatic carbocycles. The predicted molar refractivity (Wildman–Crippen MR) is 134 cm³/mol. The molecule has 1 fully saturated rings. The van der Waals surface area contributed by atoms with Crippen LogP contribution in [-0.4, -0.2) is 62.6 Å². The normalized spacial score (nSPS) is 15.9. The van der Waals surface area contributed by atoms with Crippen LogP contribution in [0.1, 0.15) is 29.8 Å². The fraction of sp³-hybridized carbons (Fsp3) is 0.385. The average Bonchev–Trinajstić information content (AvgIpc) is 3.17. The SMILES string of the molecule is Cc1ccc2c(c1)nc(CNC(=O)C(=O)NC1CCCN(Cc3ccccc3)C1)n2C.O=C(O)C(F)(F)F. The number of aryl methyl sites for hydroxylation is 2. The van der Waals surface area contributed by atoms with E-state index < -0.39 is 24.0 Å². The number of nitrogens with one attached hydrogen (secondary N) is 2. The molecule has 3 aromatic rings. The van der Waals surface area contributed by atoms with Gasteiger partial charge in [0.2, 0.25) is 0 Å². The number of rotatable bonds is 5. The van der Waals surface area contributed by atoms with Gasteiger partial charge in [0.15, 0.2) is 0 Å². The summed E-state index contributed by atoms with van der Waals surface area (Å²) in [6.45, 7) is 4.83. The first-order chi connectivity index (χ1) is 17.9. The predicted octanol–water partition coefficient (Wildman–Crippen LogP) is 2.91. The maximum atomic E-state index is 12.4. The first-order valence-electron chi connectivity index (χ1n) is 12.0. The number of imidazole rings is 1. The van der Waals surface area contributed by atoms with E-state index in [2.05, 4.69) is 32.7 Å². The summed E-state index contributed by atoms with van der Waals surface area (Å²) in [6, 6.07) is 16.3. The van der Waals surface area contributed by atoms with Gasteiger partial charge < -0.3 is 20.3 Å². The summed E-state index contributed by atoms with van der Waals surface area (Å²) in [5.41, 5.74) is 4.27.